The lowest BCUT2D eigenvalue weighted by molar-refractivity contribution is -0.137. The van der Waals surface area contributed by atoms with Gasteiger partial charge in [-0.3, -0.25) is 5.43 Å². The predicted octanol–water partition coefficient (Wildman–Crippen LogP) is 3.48. The second-order valence-electron chi connectivity index (χ2n) is 9.47. The third kappa shape index (κ3) is 6.42. The van der Waals surface area contributed by atoms with Crippen LogP contribution >= 0.6 is 12.2 Å². The van der Waals surface area contributed by atoms with Crippen LogP contribution in [0.1, 0.15) is 17.5 Å². The van der Waals surface area contributed by atoms with E-state index >= 15 is 4.39 Å². The van der Waals surface area contributed by atoms with Gasteiger partial charge in [0.15, 0.2) is 5.11 Å². The molecule has 0 amide bonds. The number of nitrogens with zero attached hydrogens (tertiary/aromatic N) is 5. The molecule has 37 heavy (non-hydrogen) atoms. The van der Waals surface area contributed by atoms with Crippen LogP contribution < -0.4 is 25.9 Å². The highest BCUT2D eigenvalue weighted by atomic mass is 32.1. The minimum absolute atomic E-state index is 0.0161. The normalized spacial score (nSPS) is 18.8. The van der Waals surface area contributed by atoms with Gasteiger partial charge in [0.2, 0.25) is 0 Å². The van der Waals surface area contributed by atoms with Crippen LogP contribution in [-0.4, -0.2) is 75.6 Å². The van der Waals surface area contributed by atoms with E-state index in [9.17, 15) is 13.2 Å². The summed E-state index contributed by atoms with van der Waals surface area (Å²) in [5.74, 6) is -0.392. The van der Waals surface area contributed by atoms with Crippen molar-refractivity contribution in [3.63, 3.8) is 0 Å². The average molecular weight is 538 g/mol. The molecule has 0 unspecified atom stereocenters. The van der Waals surface area contributed by atoms with Crippen LogP contribution in [-0.2, 0) is 6.18 Å². The van der Waals surface area contributed by atoms with Crippen molar-refractivity contribution in [3.8, 4) is 0 Å². The molecule has 12 heteroatoms. The van der Waals surface area contributed by atoms with E-state index in [4.69, 9.17) is 18.0 Å². The molecule has 2 aromatic carbocycles. The lowest BCUT2D eigenvalue weighted by atomic mass is 10.1. The summed E-state index contributed by atoms with van der Waals surface area (Å²) in [6, 6.07) is 9.00. The van der Waals surface area contributed by atoms with Crippen LogP contribution in [0.5, 0.6) is 0 Å². The summed E-state index contributed by atoms with van der Waals surface area (Å²) in [6.07, 6.45) is -1.90. The van der Waals surface area contributed by atoms with Crippen molar-refractivity contribution in [1.82, 2.24) is 10.3 Å². The second-order valence-corrected chi connectivity index (χ2v) is 9.91. The minimum atomic E-state index is -4.39. The quantitative estimate of drug-likeness (QED) is 0.253. The number of nitrogens with two attached hydrogens (primary N) is 1. The Morgan fingerprint density at radius 2 is 1.76 bits per heavy atom. The Balaban J connectivity index is 1.55. The smallest absolute Gasteiger partial charge is 0.375 e. The monoisotopic (exact) mass is 537 g/mol. The maximum atomic E-state index is 15.4. The van der Waals surface area contributed by atoms with Gasteiger partial charge in [0.1, 0.15) is 5.82 Å². The molecule has 0 spiro atoms. The summed E-state index contributed by atoms with van der Waals surface area (Å²) in [7, 11) is 4.09. The van der Waals surface area contributed by atoms with Gasteiger partial charge in [-0.15, -0.1) is 0 Å². The van der Waals surface area contributed by atoms with Crippen molar-refractivity contribution in [1.29, 1.82) is 0 Å². The minimum Gasteiger partial charge on any atom is -0.375 e. The first-order chi connectivity index (χ1) is 17.5. The average Bonchev–Trinajstić information content (AvgIpc) is 3.34. The fourth-order valence-electron chi connectivity index (χ4n) is 4.82. The van der Waals surface area contributed by atoms with E-state index in [-0.39, 0.29) is 5.11 Å². The van der Waals surface area contributed by atoms with Crippen molar-refractivity contribution < 1.29 is 17.6 Å². The van der Waals surface area contributed by atoms with Crippen molar-refractivity contribution in [3.05, 3.63) is 53.3 Å². The highest BCUT2D eigenvalue weighted by Gasteiger charge is 2.32. The molecule has 1 atom stereocenters. The van der Waals surface area contributed by atoms with E-state index in [0.29, 0.717) is 49.2 Å². The van der Waals surface area contributed by atoms with E-state index in [1.165, 1.54) is 18.3 Å². The van der Waals surface area contributed by atoms with Gasteiger partial charge in [0.25, 0.3) is 0 Å². The van der Waals surface area contributed by atoms with Crippen LogP contribution in [0.25, 0.3) is 0 Å². The number of alkyl halides is 3. The van der Waals surface area contributed by atoms with Crippen LogP contribution in [0.2, 0.25) is 0 Å². The van der Waals surface area contributed by atoms with E-state index in [2.05, 4.69) is 20.3 Å². The summed E-state index contributed by atoms with van der Waals surface area (Å²) in [6.45, 7) is 3.52. The molecular formula is C25H31F4N7S. The van der Waals surface area contributed by atoms with Gasteiger partial charge in [-0.2, -0.15) is 18.3 Å². The van der Waals surface area contributed by atoms with Crippen molar-refractivity contribution in [2.45, 2.75) is 18.6 Å². The molecule has 2 aliphatic rings. The molecule has 2 fully saturated rings. The topological polar surface area (TPSA) is 63.4 Å². The molecule has 0 saturated carbocycles. The molecule has 2 aromatic rings. The summed E-state index contributed by atoms with van der Waals surface area (Å²) in [5, 5.41) is 4.05. The number of likely N-dealkylation sites (N-methyl/N-ethyl adjacent to an activating group) is 1. The molecule has 2 saturated heterocycles. The zero-order chi connectivity index (χ0) is 26.7. The highest BCUT2D eigenvalue weighted by molar-refractivity contribution is 7.80. The number of hydrogen-bond acceptors (Lipinski definition) is 6. The third-order valence-electron chi connectivity index (χ3n) is 6.87. The molecule has 4 rings (SSSR count). The fraction of sp³-hybridized carbons (Fsp3) is 0.440. The molecule has 3 N–H and O–H groups in total. The van der Waals surface area contributed by atoms with Crippen LogP contribution in [0.15, 0.2) is 41.5 Å². The van der Waals surface area contributed by atoms with Crippen LogP contribution in [0, 0.1) is 5.82 Å². The second kappa shape index (κ2) is 11.1. The van der Waals surface area contributed by atoms with E-state index in [1.54, 1.807) is 6.07 Å². The Hall–Kier alpha value is -3.12. The molecular weight excluding hydrogens is 506 g/mol. The molecule has 200 valence electrons. The standard InChI is InChI=1S/C25H31F4N7S/c1-33(2)20-6-7-36(16-20)22-14-23(21(26)12-17(22)15-31-32-24(30)37)35-10-8-34(9-11-35)19-5-3-4-18(13-19)25(27,28)29/h3-5,12-15,20H,6-11,16H2,1-2H3,(H3,30,32,37)/t20-/m1/s1. The zero-order valence-corrected chi connectivity index (χ0v) is 21.6. The van der Waals surface area contributed by atoms with Gasteiger partial charge < -0.3 is 25.3 Å². The lowest BCUT2D eigenvalue weighted by Crippen LogP contribution is -2.47. The molecule has 2 aliphatic heterocycles. The van der Waals surface area contributed by atoms with Gasteiger partial charge >= 0.3 is 6.18 Å². The number of rotatable bonds is 6. The fourth-order valence-corrected chi connectivity index (χ4v) is 4.87. The first-order valence-corrected chi connectivity index (χ1v) is 12.4. The first kappa shape index (κ1) is 26.9. The van der Waals surface area contributed by atoms with Crippen molar-refractivity contribution >= 4 is 40.6 Å². The van der Waals surface area contributed by atoms with Gasteiger partial charge in [-0.1, -0.05) is 6.07 Å². The van der Waals surface area contributed by atoms with Crippen molar-refractivity contribution in [2.75, 3.05) is 68.1 Å². The van der Waals surface area contributed by atoms with E-state index in [0.717, 1.165) is 37.3 Å². The number of anilines is 3. The summed E-state index contributed by atoms with van der Waals surface area (Å²) >= 11 is 4.79. The van der Waals surface area contributed by atoms with Crippen LogP contribution in [0.4, 0.5) is 34.6 Å². The first-order valence-electron chi connectivity index (χ1n) is 12.0. The van der Waals surface area contributed by atoms with Crippen molar-refractivity contribution in [2.24, 2.45) is 10.8 Å². The molecule has 0 bridgehead atoms. The van der Waals surface area contributed by atoms with Gasteiger partial charge in [-0.05, 0) is 63.1 Å². The maximum absolute atomic E-state index is 15.4. The number of benzene rings is 2. The number of hydrogen-bond donors (Lipinski definition) is 2. The Labute approximate surface area is 219 Å². The number of thiocarbonyl (C=S) groups is 1. The molecule has 7 nitrogen and oxygen atoms in total. The maximum Gasteiger partial charge on any atom is 0.416 e. The van der Waals surface area contributed by atoms with E-state index in [1.807, 2.05) is 30.0 Å². The number of nitrogens with one attached hydrogen (secondary N) is 1. The highest BCUT2D eigenvalue weighted by Crippen LogP contribution is 2.34. The Bertz CT molecular complexity index is 1150. The van der Waals surface area contributed by atoms with E-state index < -0.39 is 17.6 Å². The number of halogens is 4. The Kier molecular flexibility index (Phi) is 8.08. The molecule has 0 aromatic heterocycles. The summed E-state index contributed by atoms with van der Waals surface area (Å²) in [5.41, 5.74) is 9.73. The summed E-state index contributed by atoms with van der Waals surface area (Å²) in [4.78, 5) is 8.24. The van der Waals surface area contributed by atoms with Crippen LogP contribution in [0.3, 0.4) is 0 Å². The predicted molar refractivity (Wildman–Crippen MR) is 144 cm³/mol. The molecule has 0 radical (unpaired) electrons. The summed E-state index contributed by atoms with van der Waals surface area (Å²) < 4.78 is 54.8. The molecule has 0 aliphatic carbocycles. The zero-order valence-electron chi connectivity index (χ0n) is 20.8. The number of hydrazone groups is 1. The Morgan fingerprint density at radius 1 is 1.05 bits per heavy atom. The SMILES string of the molecule is CN(C)[C@@H]1CCN(c2cc(N3CCN(c4cccc(C(F)(F)F)c4)CC3)c(F)cc2C=NNC(N)=S)C1. The van der Waals surface area contributed by atoms with Gasteiger partial charge in [0.05, 0.1) is 17.5 Å². The van der Waals surface area contributed by atoms with Gasteiger partial charge in [0, 0.05) is 62.2 Å². The lowest BCUT2D eigenvalue weighted by Gasteiger charge is -2.38. The van der Waals surface area contributed by atoms with Gasteiger partial charge in [-0.25, -0.2) is 4.39 Å². The third-order valence-corrected chi connectivity index (χ3v) is 6.96. The Morgan fingerprint density at radius 3 is 2.38 bits per heavy atom. The number of piperazine rings is 1. The largest absolute Gasteiger partial charge is 0.416 e. The molecule has 2 heterocycles.